The van der Waals surface area contributed by atoms with Crippen molar-refractivity contribution in [2.24, 2.45) is 5.92 Å². The van der Waals surface area contributed by atoms with Gasteiger partial charge in [-0.05, 0) is 33.1 Å². The molecule has 0 spiro atoms. The van der Waals surface area contributed by atoms with Crippen LogP contribution >= 0.6 is 0 Å². The Hall–Kier alpha value is -1.85. The van der Waals surface area contributed by atoms with E-state index in [1.165, 1.54) is 0 Å². The lowest BCUT2D eigenvalue weighted by Gasteiger charge is -2.13. The van der Waals surface area contributed by atoms with E-state index < -0.39 is 12.1 Å². The summed E-state index contributed by atoms with van der Waals surface area (Å²) >= 11 is 0. The van der Waals surface area contributed by atoms with Crippen LogP contribution in [0.3, 0.4) is 0 Å². The molecule has 0 fully saturated rings. The lowest BCUT2D eigenvalue weighted by atomic mass is 10.1. The number of nitrogens with one attached hydrogen (secondary N) is 1. The highest BCUT2D eigenvalue weighted by molar-refractivity contribution is 5.83. The molecule has 0 radical (unpaired) electrons. The van der Waals surface area contributed by atoms with Gasteiger partial charge in [0.2, 0.25) is 0 Å². The van der Waals surface area contributed by atoms with Gasteiger partial charge < -0.3 is 10.1 Å². The predicted octanol–water partition coefficient (Wildman–Crippen LogP) is 2.16. The van der Waals surface area contributed by atoms with Gasteiger partial charge in [0, 0.05) is 24.3 Å². The Bertz CT molecular complexity index is 550. The zero-order valence-corrected chi connectivity index (χ0v) is 15.1. The van der Waals surface area contributed by atoms with Crippen LogP contribution in [0.25, 0.3) is 0 Å². The largest absolute Gasteiger partial charge is 0.452 e. The van der Waals surface area contributed by atoms with Crippen LogP contribution in [0.2, 0.25) is 0 Å². The Kier molecular flexibility index (Phi) is 7.26. The zero-order chi connectivity index (χ0) is 17.6. The van der Waals surface area contributed by atoms with Crippen LogP contribution in [0.4, 0.5) is 0 Å². The van der Waals surface area contributed by atoms with Crippen molar-refractivity contribution in [2.45, 2.75) is 67.0 Å². The first kappa shape index (κ1) is 19.2. The van der Waals surface area contributed by atoms with E-state index in [0.717, 1.165) is 29.9 Å². The van der Waals surface area contributed by atoms with Crippen LogP contribution in [-0.4, -0.2) is 34.3 Å². The average Bonchev–Trinajstić information content (AvgIpc) is 2.71. The molecule has 1 N–H and O–H groups in total. The van der Waals surface area contributed by atoms with Crippen molar-refractivity contribution >= 4 is 11.9 Å². The first-order valence-corrected chi connectivity index (χ1v) is 8.26. The minimum atomic E-state index is -0.777. The highest BCUT2D eigenvalue weighted by atomic mass is 16.5. The van der Waals surface area contributed by atoms with Gasteiger partial charge in [0.05, 0.1) is 12.1 Å². The van der Waals surface area contributed by atoms with Gasteiger partial charge in [0.15, 0.2) is 6.10 Å². The zero-order valence-electron chi connectivity index (χ0n) is 15.1. The summed E-state index contributed by atoms with van der Waals surface area (Å²) in [5.74, 6) is -0.182. The molecular formula is C17H29N3O3. The highest BCUT2D eigenvalue weighted by Crippen LogP contribution is 2.16. The minimum absolute atomic E-state index is 0.140. The predicted molar refractivity (Wildman–Crippen MR) is 89.1 cm³/mol. The molecule has 1 heterocycles. The topological polar surface area (TPSA) is 73.2 Å². The van der Waals surface area contributed by atoms with Gasteiger partial charge in [-0.3, -0.25) is 14.3 Å². The van der Waals surface area contributed by atoms with Crippen molar-refractivity contribution in [3.63, 3.8) is 0 Å². The van der Waals surface area contributed by atoms with E-state index in [2.05, 4.69) is 24.3 Å². The molecule has 0 aliphatic heterocycles. The van der Waals surface area contributed by atoms with Crippen molar-refractivity contribution in [3.05, 3.63) is 17.0 Å². The van der Waals surface area contributed by atoms with E-state index in [9.17, 15) is 9.59 Å². The van der Waals surface area contributed by atoms with Gasteiger partial charge in [-0.25, -0.2) is 0 Å². The van der Waals surface area contributed by atoms with Crippen LogP contribution in [0.5, 0.6) is 0 Å². The normalized spacial score (nSPS) is 12.3. The van der Waals surface area contributed by atoms with E-state index in [-0.39, 0.29) is 12.3 Å². The standard InChI is InChI=1S/C17H29N3O3/c1-7-8-18-17(22)14(6)23-16(21)9-15-12(4)19-20(13(15)5)10-11(2)3/h11,14H,7-10H2,1-6H3,(H,18,22). The van der Waals surface area contributed by atoms with E-state index in [1.54, 1.807) is 6.92 Å². The van der Waals surface area contributed by atoms with Gasteiger partial charge in [-0.1, -0.05) is 20.8 Å². The number of nitrogens with zero attached hydrogens (tertiary/aromatic N) is 2. The number of aryl methyl sites for hydroxylation is 1. The van der Waals surface area contributed by atoms with E-state index in [1.807, 2.05) is 25.5 Å². The van der Waals surface area contributed by atoms with Crippen LogP contribution < -0.4 is 5.32 Å². The number of hydrogen-bond acceptors (Lipinski definition) is 4. The average molecular weight is 323 g/mol. The molecule has 0 saturated carbocycles. The summed E-state index contributed by atoms with van der Waals surface area (Å²) in [6.45, 7) is 13.1. The van der Waals surface area contributed by atoms with Crippen LogP contribution in [0, 0.1) is 19.8 Å². The van der Waals surface area contributed by atoms with Crippen LogP contribution in [0.1, 0.15) is 51.1 Å². The van der Waals surface area contributed by atoms with E-state index in [0.29, 0.717) is 12.5 Å². The van der Waals surface area contributed by atoms with Crippen molar-refractivity contribution < 1.29 is 14.3 Å². The molecule has 1 rings (SSSR count). The maximum absolute atomic E-state index is 12.1. The fourth-order valence-electron chi connectivity index (χ4n) is 2.34. The molecule has 1 amide bonds. The van der Waals surface area contributed by atoms with E-state index >= 15 is 0 Å². The van der Waals surface area contributed by atoms with Crippen molar-refractivity contribution in [2.75, 3.05) is 6.54 Å². The second kappa shape index (κ2) is 8.70. The van der Waals surface area contributed by atoms with E-state index in [4.69, 9.17) is 4.74 Å². The van der Waals surface area contributed by atoms with Gasteiger partial charge in [0.1, 0.15) is 0 Å². The SMILES string of the molecule is CCCNC(=O)C(C)OC(=O)Cc1c(C)nn(CC(C)C)c1C. The number of esters is 1. The maximum Gasteiger partial charge on any atom is 0.311 e. The first-order chi connectivity index (χ1) is 10.8. The fourth-order valence-corrected chi connectivity index (χ4v) is 2.34. The summed E-state index contributed by atoms with van der Waals surface area (Å²) in [6.07, 6.45) is 0.210. The Labute approximate surface area is 138 Å². The Morgan fingerprint density at radius 2 is 1.91 bits per heavy atom. The molecule has 1 aromatic rings. The number of carbonyl (C=O) groups excluding carboxylic acids is 2. The van der Waals surface area contributed by atoms with Gasteiger partial charge in [0.25, 0.3) is 5.91 Å². The third-order valence-electron chi connectivity index (χ3n) is 3.62. The third kappa shape index (κ3) is 5.69. The molecule has 0 aromatic carbocycles. The van der Waals surface area contributed by atoms with Crippen LogP contribution in [0.15, 0.2) is 0 Å². The molecule has 1 unspecified atom stereocenters. The molecule has 6 heteroatoms. The molecule has 6 nitrogen and oxygen atoms in total. The molecule has 0 bridgehead atoms. The molecule has 130 valence electrons. The summed E-state index contributed by atoms with van der Waals surface area (Å²) < 4.78 is 7.16. The van der Waals surface area contributed by atoms with Gasteiger partial charge in [-0.2, -0.15) is 5.10 Å². The third-order valence-corrected chi connectivity index (χ3v) is 3.62. The van der Waals surface area contributed by atoms with Crippen molar-refractivity contribution in [1.29, 1.82) is 0 Å². The summed E-state index contributed by atoms with van der Waals surface area (Å²) in [6, 6.07) is 0. The molecule has 23 heavy (non-hydrogen) atoms. The number of ether oxygens (including phenoxy) is 1. The smallest absolute Gasteiger partial charge is 0.311 e. The quantitative estimate of drug-likeness (QED) is 0.744. The summed E-state index contributed by atoms with van der Waals surface area (Å²) in [5, 5.41) is 7.20. The first-order valence-electron chi connectivity index (χ1n) is 8.26. The monoisotopic (exact) mass is 323 g/mol. The summed E-state index contributed by atoms with van der Waals surface area (Å²) in [4.78, 5) is 23.8. The number of amides is 1. The molecule has 1 atom stereocenters. The van der Waals surface area contributed by atoms with Crippen molar-refractivity contribution in [3.8, 4) is 0 Å². The molecule has 0 aliphatic rings. The van der Waals surface area contributed by atoms with Gasteiger partial charge in [-0.15, -0.1) is 0 Å². The highest BCUT2D eigenvalue weighted by Gasteiger charge is 2.20. The fraction of sp³-hybridized carbons (Fsp3) is 0.706. The number of hydrogen-bond donors (Lipinski definition) is 1. The van der Waals surface area contributed by atoms with Gasteiger partial charge >= 0.3 is 5.97 Å². The lowest BCUT2D eigenvalue weighted by molar-refractivity contribution is -0.154. The lowest BCUT2D eigenvalue weighted by Crippen LogP contribution is -2.36. The number of aromatic nitrogens is 2. The molecule has 0 aliphatic carbocycles. The molecule has 0 saturated heterocycles. The maximum atomic E-state index is 12.1. The number of rotatable bonds is 8. The summed E-state index contributed by atoms with van der Waals surface area (Å²) in [5.41, 5.74) is 2.70. The Morgan fingerprint density at radius 3 is 2.48 bits per heavy atom. The second-order valence-corrected chi connectivity index (χ2v) is 6.33. The number of carbonyl (C=O) groups is 2. The van der Waals surface area contributed by atoms with Crippen LogP contribution in [-0.2, 0) is 27.3 Å². The molecule has 1 aromatic heterocycles. The summed E-state index contributed by atoms with van der Waals surface area (Å²) in [7, 11) is 0. The Balaban J connectivity index is 2.67. The van der Waals surface area contributed by atoms with Crippen molar-refractivity contribution in [1.82, 2.24) is 15.1 Å². The Morgan fingerprint density at radius 1 is 1.26 bits per heavy atom. The second-order valence-electron chi connectivity index (χ2n) is 6.33. The molecular weight excluding hydrogens is 294 g/mol. The minimum Gasteiger partial charge on any atom is -0.452 e.